The largest absolute Gasteiger partial charge is 0.486 e. The fourth-order valence-corrected chi connectivity index (χ4v) is 3.22. The Bertz CT molecular complexity index is 595. The van der Waals surface area contributed by atoms with Crippen molar-refractivity contribution in [2.45, 2.75) is 32.0 Å². The average Bonchev–Trinajstić information content (AvgIpc) is 3.17. The van der Waals surface area contributed by atoms with Crippen molar-refractivity contribution in [3.63, 3.8) is 0 Å². The standard InChI is InChI=1S/C15H15Cl2NOS/c16-13-3-1-2-10(8-18-11-4-5-11)15(13)19-9-12-6-7-14(17)20-12/h1-3,6-7,11,18H,4-5,8-9H2. The molecule has 106 valence electrons. The summed E-state index contributed by atoms with van der Waals surface area (Å²) in [6.45, 7) is 1.29. The van der Waals surface area contributed by atoms with Crippen LogP contribution in [0.25, 0.3) is 0 Å². The lowest BCUT2D eigenvalue weighted by atomic mass is 10.2. The lowest BCUT2D eigenvalue weighted by Crippen LogP contribution is -2.16. The Morgan fingerprint density at radius 1 is 1.20 bits per heavy atom. The molecule has 0 bridgehead atoms. The number of thiophene rings is 1. The third-order valence-electron chi connectivity index (χ3n) is 3.19. The van der Waals surface area contributed by atoms with Crippen LogP contribution in [-0.4, -0.2) is 6.04 Å². The molecule has 1 N–H and O–H groups in total. The highest BCUT2D eigenvalue weighted by molar-refractivity contribution is 7.16. The molecule has 1 aliphatic carbocycles. The van der Waals surface area contributed by atoms with Crippen LogP contribution in [0.15, 0.2) is 30.3 Å². The van der Waals surface area contributed by atoms with Gasteiger partial charge in [0.1, 0.15) is 12.4 Å². The van der Waals surface area contributed by atoms with Gasteiger partial charge in [-0.05, 0) is 31.0 Å². The number of nitrogens with one attached hydrogen (secondary N) is 1. The molecule has 1 aromatic heterocycles. The van der Waals surface area contributed by atoms with Gasteiger partial charge < -0.3 is 10.1 Å². The molecule has 0 saturated heterocycles. The van der Waals surface area contributed by atoms with E-state index in [-0.39, 0.29) is 0 Å². The SMILES string of the molecule is Clc1ccc(COc2c(Cl)cccc2CNC2CC2)s1. The maximum atomic E-state index is 6.26. The molecule has 20 heavy (non-hydrogen) atoms. The molecule has 1 aliphatic rings. The summed E-state index contributed by atoms with van der Waals surface area (Å²) in [5.74, 6) is 0.770. The molecule has 0 atom stereocenters. The molecule has 0 radical (unpaired) electrons. The van der Waals surface area contributed by atoms with Gasteiger partial charge in [0, 0.05) is 23.0 Å². The lowest BCUT2D eigenvalue weighted by Gasteiger charge is -2.13. The Labute approximate surface area is 132 Å². The number of halogens is 2. The highest BCUT2D eigenvalue weighted by Gasteiger charge is 2.21. The minimum absolute atomic E-state index is 0.498. The van der Waals surface area contributed by atoms with E-state index in [2.05, 4.69) is 11.4 Å². The van der Waals surface area contributed by atoms with Crippen molar-refractivity contribution < 1.29 is 4.74 Å². The number of hydrogen-bond donors (Lipinski definition) is 1. The summed E-state index contributed by atoms with van der Waals surface area (Å²) in [6, 6.07) is 10.4. The predicted octanol–water partition coefficient (Wildman–Crippen LogP) is 4.89. The zero-order valence-corrected chi connectivity index (χ0v) is 13.2. The first-order valence-electron chi connectivity index (χ1n) is 6.60. The van der Waals surface area contributed by atoms with E-state index in [9.17, 15) is 0 Å². The maximum Gasteiger partial charge on any atom is 0.142 e. The minimum Gasteiger partial charge on any atom is -0.486 e. The second-order valence-electron chi connectivity index (χ2n) is 4.88. The summed E-state index contributed by atoms with van der Waals surface area (Å²) < 4.78 is 6.68. The molecule has 1 saturated carbocycles. The van der Waals surface area contributed by atoms with Crippen LogP contribution < -0.4 is 10.1 Å². The number of rotatable bonds is 6. The van der Waals surface area contributed by atoms with Crippen molar-refractivity contribution in [2.24, 2.45) is 0 Å². The number of para-hydroxylation sites is 1. The molecule has 0 unspecified atom stereocenters. The Morgan fingerprint density at radius 2 is 2.05 bits per heavy atom. The van der Waals surface area contributed by atoms with Crippen LogP contribution in [0.2, 0.25) is 9.36 Å². The third-order valence-corrected chi connectivity index (χ3v) is 4.70. The molecule has 1 heterocycles. The van der Waals surface area contributed by atoms with Gasteiger partial charge in [0.25, 0.3) is 0 Å². The van der Waals surface area contributed by atoms with Gasteiger partial charge in [-0.15, -0.1) is 11.3 Å². The highest BCUT2D eigenvalue weighted by atomic mass is 35.5. The third kappa shape index (κ3) is 3.67. The van der Waals surface area contributed by atoms with E-state index in [0.717, 1.165) is 27.1 Å². The topological polar surface area (TPSA) is 21.3 Å². The van der Waals surface area contributed by atoms with Crippen LogP contribution in [0, 0.1) is 0 Å². The molecular weight excluding hydrogens is 313 g/mol. The quantitative estimate of drug-likeness (QED) is 0.815. The molecule has 0 spiro atoms. The Morgan fingerprint density at radius 3 is 2.75 bits per heavy atom. The maximum absolute atomic E-state index is 6.26. The molecule has 0 aliphatic heterocycles. The Kier molecular flexibility index (Phi) is 4.51. The van der Waals surface area contributed by atoms with Crippen LogP contribution in [0.1, 0.15) is 23.3 Å². The lowest BCUT2D eigenvalue weighted by molar-refractivity contribution is 0.306. The van der Waals surface area contributed by atoms with Crippen LogP contribution >= 0.6 is 34.5 Å². The highest BCUT2D eigenvalue weighted by Crippen LogP contribution is 2.31. The van der Waals surface area contributed by atoms with E-state index < -0.39 is 0 Å². The molecule has 0 amide bonds. The van der Waals surface area contributed by atoms with Crippen molar-refractivity contribution >= 4 is 34.5 Å². The molecule has 1 fully saturated rings. The summed E-state index contributed by atoms with van der Waals surface area (Å²) in [4.78, 5) is 1.09. The van der Waals surface area contributed by atoms with E-state index in [1.54, 1.807) is 0 Å². The molecule has 2 aromatic rings. The summed E-state index contributed by atoms with van der Waals surface area (Å²) in [5.41, 5.74) is 1.10. The van der Waals surface area contributed by atoms with E-state index in [1.165, 1.54) is 24.2 Å². The summed E-state index contributed by atoms with van der Waals surface area (Å²) in [7, 11) is 0. The second-order valence-corrected chi connectivity index (χ2v) is 7.08. The van der Waals surface area contributed by atoms with Gasteiger partial charge in [-0.3, -0.25) is 0 Å². The van der Waals surface area contributed by atoms with Crippen molar-refractivity contribution in [1.82, 2.24) is 5.32 Å². The Hall–Kier alpha value is -0.740. The van der Waals surface area contributed by atoms with Crippen molar-refractivity contribution in [2.75, 3.05) is 0 Å². The average molecular weight is 328 g/mol. The molecule has 5 heteroatoms. The fraction of sp³-hybridized carbons (Fsp3) is 0.333. The second kappa shape index (κ2) is 6.35. The van der Waals surface area contributed by atoms with Gasteiger partial charge in [-0.1, -0.05) is 35.3 Å². The number of hydrogen-bond acceptors (Lipinski definition) is 3. The van der Waals surface area contributed by atoms with Gasteiger partial charge in [0.15, 0.2) is 0 Å². The normalized spacial score (nSPS) is 14.5. The van der Waals surface area contributed by atoms with Gasteiger partial charge in [0.05, 0.1) is 9.36 Å². The number of ether oxygens (including phenoxy) is 1. The predicted molar refractivity (Wildman–Crippen MR) is 85.0 cm³/mol. The van der Waals surface area contributed by atoms with Crippen molar-refractivity contribution in [1.29, 1.82) is 0 Å². The fourth-order valence-electron chi connectivity index (χ4n) is 1.97. The smallest absolute Gasteiger partial charge is 0.142 e. The van der Waals surface area contributed by atoms with Gasteiger partial charge in [-0.25, -0.2) is 0 Å². The molecule has 2 nitrogen and oxygen atoms in total. The van der Waals surface area contributed by atoms with Crippen molar-refractivity contribution in [3.8, 4) is 5.75 Å². The first kappa shape index (κ1) is 14.2. The first-order chi connectivity index (χ1) is 9.72. The first-order valence-corrected chi connectivity index (χ1v) is 8.17. The zero-order valence-electron chi connectivity index (χ0n) is 10.9. The summed E-state index contributed by atoms with van der Waals surface area (Å²) in [5, 5.41) is 4.14. The van der Waals surface area contributed by atoms with E-state index in [4.69, 9.17) is 27.9 Å². The monoisotopic (exact) mass is 327 g/mol. The molecule has 3 rings (SSSR count). The van der Waals surface area contributed by atoms with E-state index in [0.29, 0.717) is 17.7 Å². The number of benzene rings is 1. The van der Waals surface area contributed by atoms with Crippen LogP contribution in [0.5, 0.6) is 5.75 Å². The van der Waals surface area contributed by atoms with E-state index >= 15 is 0 Å². The Balaban J connectivity index is 1.69. The molecular formula is C15H15Cl2NOS. The van der Waals surface area contributed by atoms with Crippen LogP contribution in [0.3, 0.4) is 0 Å². The van der Waals surface area contributed by atoms with Gasteiger partial charge in [-0.2, -0.15) is 0 Å². The van der Waals surface area contributed by atoms with Crippen LogP contribution in [0.4, 0.5) is 0 Å². The summed E-state index contributed by atoms with van der Waals surface area (Å²) >= 11 is 13.7. The molecule has 1 aromatic carbocycles. The van der Waals surface area contributed by atoms with Crippen molar-refractivity contribution in [3.05, 3.63) is 50.1 Å². The van der Waals surface area contributed by atoms with Gasteiger partial charge >= 0.3 is 0 Å². The van der Waals surface area contributed by atoms with E-state index in [1.807, 2.05) is 24.3 Å². The summed E-state index contributed by atoms with van der Waals surface area (Å²) in [6.07, 6.45) is 2.54. The van der Waals surface area contributed by atoms with Crippen LogP contribution in [-0.2, 0) is 13.2 Å². The van der Waals surface area contributed by atoms with Gasteiger partial charge in [0.2, 0.25) is 0 Å². The minimum atomic E-state index is 0.498. The zero-order chi connectivity index (χ0) is 13.9.